The molecule has 2 amide bonds. The summed E-state index contributed by atoms with van der Waals surface area (Å²) in [4.78, 5) is 35.5. The standard InChI is InChI=1S/C47H53F7N8O5/c1-45(2,47(52,53)54)41(59-44(65)66-4)42(64)58-38(39(63)21-55-20-35-36(48)16-31(17-37(35)49)32-19-57-62(22-32)43(50)51)15-29-8-5-28(6-9-29)7-10-30-11-14-40(56-18-30)60-23-33-12-13-34(24-60)61(33)25-46(3)26-67-27-46/h5-6,8-9,11,14,16-19,22,33-34,38-39,41,43,55,63H,12-13,15,20-21,23-27H2,1-4H3,(H,58,64)(H,59,65)/t33?,34?,38-,39-,41?/m0/s1. The number of methoxy groups -OCH3 is 1. The fraction of sp³-hybridized carbons (Fsp3) is 0.489. The van der Waals surface area contributed by atoms with E-state index in [1.807, 2.05) is 17.4 Å². The van der Waals surface area contributed by atoms with Crippen molar-refractivity contribution in [3.05, 3.63) is 101 Å². The number of halogens is 7. The van der Waals surface area contributed by atoms with Crippen LogP contribution < -0.4 is 20.9 Å². The molecule has 0 saturated carbocycles. The topological polar surface area (TPSA) is 146 Å². The van der Waals surface area contributed by atoms with Crippen molar-refractivity contribution in [1.29, 1.82) is 0 Å². The molecule has 3 aliphatic heterocycles. The van der Waals surface area contributed by atoms with Gasteiger partial charge in [-0.1, -0.05) is 30.9 Å². The van der Waals surface area contributed by atoms with Gasteiger partial charge in [0.2, 0.25) is 5.91 Å². The first kappa shape index (κ1) is 49.2. The second kappa shape index (κ2) is 20.2. The lowest BCUT2D eigenvalue weighted by molar-refractivity contribution is -0.220. The molecule has 3 fully saturated rings. The third kappa shape index (κ3) is 11.5. The first-order valence-electron chi connectivity index (χ1n) is 21.8. The molecule has 5 heterocycles. The Balaban J connectivity index is 1.02. The van der Waals surface area contributed by atoms with Gasteiger partial charge in [0.1, 0.15) is 23.5 Å². The first-order valence-corrected chi connectivity index (χ1v) is 21.8. The van der Waals surface area contributed by atoms with E-state index in [9.17, 15) is 36.6 Å². The number of ether oxygens (including phenoxy) is 2. The molecular formula is C47H53F7N8O5. The van der Waals surface area contributed by atoms with Crippen molar-refractivity contribution in [2.24, 2.45) is 10.8 Å². The van der Waals surface area contributed by atoms with Gasteiger partial charge in [-0.2, -0.15) is 27.1 Å². The zero-order valence-corrected chi connectivity index (χ0v) is 37.3. The quantitative estimate of drug-likeness (QED) is 0.0758. The summed E-state index contributed by atoms with van der Waals surface area (Å²) in [5.41, 5.74) is -1.22. The van der Waals surface area contributed by atoms with Crippen LogP contribution in [0.4, 0.5) is 41.3 Å². The van der Waals surface area contributed by atoms with Gasteiger partial charge >= 0.3 is 18.8 Å². The highest BCUT2D eigenvalue weighted by atomic mass is 19.4. The summed E-state index contributed by atoms with van der Waals surface area (Å²) in [6.07, 6.45) is -1.97. The molecule has 3 aliphatic rings. The van der Waals surface area contributed by atoms with Gasteiger partial charge in [0.05, 0.1) is 44.1 Å². The van der Waals surface area contributed by atoms with Gasteiger partial charge in [0.15, 0.2) is 0 Å². The molecule has 20 heteroatoms. The first-order chi connectivity index (χ1) is 31.7. The third-order valence-electron chi connectivity index (χ3n) is 12.8. The normalized spacial score (nSPS) is 19.5. The molecule has 4 N–H and O–H groups in total. The molecule has 2 aromatic carbocycles. The van der Waals surface area contributed by atoms with Gasteiger partial charge in [-0.05, 0) is 80.6 Å². The summed E-state index contributed by atoms with van der Waals surface area (Å²) in [6, 6.07) is 9.92. The molecule has 0 spiro atoms. The number of aliphatic hydroxyl groups is 1. The zero-order valence-electron chi connectivity index (χ0n) is 37.3. The van der Waals surface area contributed by atoms with Gasteiger partial charge in [-0.15, -0.1) is 0 Å². The smallest absolute Gasteiger partial charge is 0.407 e. The van der Waals surface area contributed by atoms with Gasteiger partial charge in [-0.3, -0.25) is 9.69 Å². The largest absolute Gasteiger partial charge is 0.453 e. The number of aliphatic hydroxyl groups excluding tert-OH is 1. The second-order valence-corrected chi connectivity index (χ2v) is 18.3. The maximum Gasteiger partial charge on any atom is 0.407 e. The van der Waals surface area contributed by atoms with Gasteiger partial charge in [0.25, 0.3) is 0 Å². The Hall–Kier alpha value is -5.75. The Morgan fingerprint density at radius 1 is 0.955 bits per heavy atom. The molecular weight excluding hydrogens is 890 g/mol. The SMILES string of the molecule is COC(=O)NC(C(=O)N[C@@H](Cc1ccc(C#Cc2ccc(N3CC4CCC(C3)N4CC3(C)COC3)nc2)cc1)[C@@H](O)CNCc1c(F)cc(-c2cnn(C(F)F)c2)cc1F)C(C)(C)C(F)(F)F. The van der Waals surface area contributed by atoms with Crippen LogP contribution in [-0.2, 0) is 27.2 Å². The maximum atomic E-state index is 15.2. The Morgan fingerprint density at radius 3 is 2.15 bits per heavy atom. The lowest BCUT2D eigenvalue weighted by Gasteiger charge is -2.48. The number of hydrogen-bond acceptors (Lipinski definition) is 10. The van der Waals surface area contributed by atoms with Gasteiger partial charge in [-0.25, -0.2) is 23.2 Å². The molecule has 5 atom stereocenters. The van der Waals surface area contributed by atoms with E-state index in [0.29, 0.717) is 33.5 Å². The minimum Gasteiger partial charge on any atom is -0.453 e. The average molecular weight is 943 g/mol. The number of benzene rings is 2. The Bertz CT molecular complexity index is 2400. The number of anilines is 1. The highest BCUT2D eigenvalue weighted by Gasteiger charge is 2.56. The van der Waals surface area contributed by atoms with E-state index in [4.69, 9.17) is 9.72 Å². The molecule has 0 aliphatic carbocycles. The van der Waals surface area contributed by atoms with Crippen LogP contribution in [0.3, 0.4) is 0 Å². The molecule has 4 aromatic rings. The number of carbonyl (C=O) groups excluding carboxylic acids is 2. The summed E-state index contributed by atoms with van der Waals surface area (Å²) >= 11 is 0. The summed E-state index contributed by atoms with van der Waals surface area (Å²) in [5.74, 6) is 3.75. The highest BCUT2D eigenvalue weighted by molar-refractivity contribution is 5.87. The lowest BCUT2D eigenvalue weighted by atomic mass is 9.82. The molecule has 3 saturated heterocycles. The van der Waals surface area contributed by atoms with Crippen LogP contribution in [0.2, 0.25) is 0 Å². The molecule has 0 radical (unpaired) electrons. The van der Waals surface area contributed by atoms with E-state index in [0.717, 1.165) is 97.0 Å². The monoisotopic (exact) mass is 942 g/mol. The van der Waals surface area contributed by atoms with E-state index in [-0.39, 0.29) is 23.0 Å². The average Bonchev–Trinajstić information content (AvgIpc) is 3.86. The van der Waals surface area contributed by atoms with E-state index < -0.39 is 78.6 Å². The highest BCUT2D eigenvalue weighted by Crippen LogP contribution is 2.41. The van der Waals surface area contributed by atoms with E-state index in [1.54, 1.807) is 30.5 Å². The number of pyridine rings is 1. The molecule has 3 unspecified atom stereocenters. The lowest BCUT2D eigenvalue weighted by Crippen LogP contribution is -2.62. The Kier molecular flexibility index (Phi) is 14.8. The van der Waals surface area contributed by atoms with Crippen molar-refractivity contribution in [2.45, 2.75) is 89.6 Å². The van der Waals surface area contributed by atoms with Crippen LogP contribution in [-0.4, -0.2) is 120 Å². The third-order valence-corrected chi connectivity index (χ3v) is 12.8. The van der Waals surface area contributed by atoms with Crippen molar-refractivity contribution in [1.82, 2.24) is 35.6 Å². The number of nitrogens with zero attached hydrogens (tertiary/aromatic N) is 5. The summed E-state index contributed by atoms with van der Waals surface area (Å²) in [7, 11) is 0.920. The minimum absolute atomic E-state index is 0.0411. The van der Waals surface area contributed by atoms with Crippen LogP contribution in [0.1, 0.15) is 62.4 Å². The van der Waals surface area contributed by atoms with Crippen LogP contribution in [0, 0.1) is 34.3 Å². The molecule has 13 nitrogen and oxygen atoms in total. The number of alkyl halides is 5. The van der Waals surface area contributed by atoms with Crippen molar-refractivity contribution in [2.75, 3.05) is 51.4 Å². The fourth-order valence-corrected chi connectivity index (χ4v) is 8.67. The number of alkyl carbamates (subject to hydrolysis) is 1. The summed E-state index contributed by atoms with van der Waals surface area (Å²) in [6.45, 7) is 4.34. The van der Waals surface area contributed by atoms with E-state index >= 15 is 8.78 Å². The number of amides is 2. The zero-order chi connectivity index (χ0) is 48.3. The van der Waals surface area contributed by atoms with Gasteiger partial charge in [0, 0.05) is 84.9 Å². The van der Waals surface area contributed by atoms with Crippen LogP contribution in [0.25, 0.3) is 11.1 Å². The van der Waals surface area contributed by atoms with Crippen molar-refractivity contribution >= 4 is 17.8 Å². The van der Waals surface area contributed by atoms with Crippen molar-refractivity contribution in [3.63, 3.8) is 0 Å². The molecule has 2 aromatic heterocycles. The van der Waals surface area contributed by atoms with Crippen LogP contribution in [0.15, 0.2) is 67.1 Å². The number of nitrogens with one attached hydrogen (secondary N) is 3. The number of hydrogen-bond donors (Lipinski definition) is 4. The van der Waals surface area contributed by atoms with Crippen LogP contribution in [0.5, 0.6) is 0 Å². The Labute approximate surface area is 383 Å². The van der Waals surface area contributed by atoms with E-state index in [2.05, 4.69) is 49.0 Å². The molecule has 7 rings (SSSR count). The fourth-order valence-electron chi connectivity index (χ4n) is 8.67. The van der Waals surface area contributed by atoms with Crippen molar-refractivity contribution in [3.8, 4) is 23.0 Å². The van der Waals surface area contributed by atoms with Crippen LogP contribution >= 0.6 is 0 Å². The molecule has 67 heavy (non-hydrogen) atoms. The Morgan fingerprint density at radius 2 is 1.60 bits per heavy atom. The molecule has 2 bridgehead atoms. The second-order valence-electron chi connectivity index (χ2n) is 18.3. The predicted octanol–water partition coefficient (Wildman–Crippen LogP) is 6.20. The minimum atomic E-state index is -4.98. The molecule has 360 valence electrons. The maximum absolute atomic E-state index is 15.2. The number of carbonyl (C=O) groups is 2. The van der Waals surface area contributed by atoms with E-state index in [1.165, 1.54) is 0 Å². The number of fused-ring (bicyclic) bond motifs is 2. The van der Waals surface area contributed by atoms with Crippen molar-refractivity contribution < 1.29 is 54.9 Å². The van der Waals surface area contributed by atoms with Gasteiger partial charge < -0.3 is 35.4 Å². The number of aromatic nitrogens is 3. The summed E-state index contributed by atoms with van der Waals surface area (Å²) < 4.78 is 109. The summed E-state index contributed by atoms with van der Waals surface area (Å²) in [5, 5.41) is 22.0. The number of rotatable bonds is 16. The predicted molar refractivity (Wildman–Crippen MR) is 233 cm³/mol. The number of piperazine rings is 1.